The topological polar surface area (TPSA) is 0 Å². The summed E-state index contributed by atoms with van der Waals surface area (Å²) in [6, 6.07) is 0. The first-order valence-electron chi connectivity index (χ1n) is 2.99. The third-order valence-electron chi connectivity index (χ3n) is 1.75. The van der Waals surface area contributed by atoms with Crippen LogP contribution in [0.25, 0.3) is 0 Å². The molecule has 66 valence electrons. The van der Waals surface area contributed by atoms with E-state index in [-0.39, 0.29) is 51.4 Å². The molecule has 8 heteroatoms. The first-order chi connectivity index (χ1) is 4.73. The molecule has 1 rings (SSSR count). The van der Waals surface area contributed by atoms with Crippen molar-refractivity contribution in [3.05, 3.63) is 0 Å². The fourth-order valence-corrected chi connectivity index (χ4v) is 1.01. The van der Waals surface area contributed by atoms with Crippen LogP contribution < -0.4 is 51.4 Å². The Morgan fingerprint density at radius 2 is 1.50 bits per heavy atom. The van der Waals surface area contributed by atoms with Crippen LogP contribution in [0.15, 0.2) is 0 Å². The zero-order valence-electron chi connectivity index (χ0n) is 6.21. The SMILES string of the molecule is F[B-](F)(F)[C@@H]1C[C@H]1C(F)(F)F.[K+]. The van der Waals surface area contributed by atoms with Crippen LogP contribution in [0.4, 0.5) is 26.1 Å². The van der Waals surface area contributed by atoms with Crippen molar-refractivity contribution in [3.8, 4) is 0 Å². The second kappa shape index (κ2) is 3.80. The third-order valence-corrected chi connectivity index (χ3v) is 1.75. The third kappa shape index (κ3) is 3.21. The van der Waals surface area contributed by atoms with Gasteiger partial charge < -0.3 is 12.9 Å². The van der Waals surface area contributed by atoms with E-state index in [0.717, 1.165) is 0 Å². The number of hydrogen-bond acceptors (Lipinski definition) is 0. The Balaban J connectivity index is 0.00000121. The fourth-order valence-electron chi connectivity index (χ4n) is 1.01. The van der Waals surface area contributed by atoms with E-state index in [0.29, 0.717) is 0 Å². The molecule has 1 aliphatic rings. The summed E-state index contributed by atoms with van der Waals surface area (Å²) in [6.07, 6.45) is -5.44. The van der Waals surface area contributed by atoms with Gasteiger partial charge in [0.1, 0.15) is 0 Å². The minimum Gasteiger partial charge on any atom is -0.449 e. The Kier molecular flexibility index (Phi) is 4.21. The molecule has 1 aliphatic carbocycles. The molecule has 0 aliphatic heterocycles. The Morgan fingerprint density at radius 1 is 1.08 bits per heavy atom. The monoisotopic (exact) mass is 216 g/mol. The Bertz CT molecular complexity index is 144. The molecule has 0 nitrogen and oxygen atoms in total. The predicted molar refractivity (Wildman–Crippen MR) is 27.0 cm³/mol. The van der Waals surface area contributed by atoms with E-state index < -0.39 is 31.3 Å². The summed E-state index contributed by atoms with van der Waals surface area (Å²) in [7, 11) is 0. The van der Waals surface area contributed by atoms with E-state index in [9.17, 15) is 26.1 Å². The van der Waals surface area contributed by atoms with Crippen molar-refractivity contribution in [1.82, 2.24) is 0 Å². The Hall–Kier alpha value is 1.28. The molecule has 0 amide bonds. The van der Waals surface area contributed by atoms with Crippen LogP contribution in [0.2, 0.25) is 5.82 Å². The van der Waals surface area contributed by atoms with Crippen molar-refractivity contribution >= 4 is 6.98 Å². The summed E-state index contributed by atoms with van der Waals surface area (Å²) in [6.45, 7) is -5.28. The minimum absolute atomic E-state index is 0. The normalized spacial score (nSPS) is 29.5. The Labute approximate surface area is 108 Å². The van der Waals surface area contributed by atoms with Crippen molar-refractivity contribution in [3.63, 3.8) is 0 Å². The Morgan fingerprint density at radius 3 is 1.58 bits per heavy atom. The van der Waals surface area contributed by atoms with Gasteiger partial charge in [0, 0.05) is 5.92 Å². The smallest absolute Gasteiger partial charge is 0.449 e. The first kappa shape index (κ1) is 13.3. The molecule has 0 unspecified atom stereocenters. The standard InChI is InChI=1S/C4H4BF6.K/c6-4(7,8)2-1-3(2)5(9,10)11;/h2-3H,1H2;/q-1;+1/t2-,3-;/m1./s1. The van der Waals surface area contributed by atoms with E-state index in [1.165, 1.54) is 0 Å². The summed E-state index contributed by atoms with van der Waals surface area (Å²) in [5.41, 5.74) is 0. The zero-order valence-corrected chi connectivity index (χ0v) is 9.33. The maximum absolute atomic E-state index is 11.6. The van der Waals surface area contributed by atoms with Crippen molar-refractivity contribution in [2.45, 2.75) is 18.4 Å². The van der Waals surface area contributed by atoms with E-state index >= 15 is 0 Å². The molecule has 0 aromatic rings. The molecular weight excluding hydrogens is 212 g/mol. The van der Waals surface area contributed by atoms with Gasteiger partial charge in [-0.25, -0.2) is 0 Å². The van der Waals surface area contributed by atoms with E-state index in [1.54, 1.807) is 0 Å². The number of hydrogen-bond donors (Lipinski definition) is 0. The largest absolute Gasteiger partial charge is 1.00 e. The predicted octanol–water partition coefficient (Wildman–Crippen LogP) is -0.210. The maximum atomic E-state index is 11.6. The summed E-state index contributed by atoms with van der Waals surface area (Å²) < 4.78 is 69.3. The number of alkyl halides is 3. The molecule has 0 heterocycles. The van der Waals surface area contributed by atoms with Crippen LogP contribution in [0.3, 0.4) is 0 Å². The van der Waals surface area contributed by atoms with Crippen molar-refractivity contribution in [2.24, 2.45) is 5.92 Å². The molecule has 0 spiro atoms. The molecule has 1 fully saturated rings. The van der Waals surface area contributed by atoms with Crippen molar-refractivity contribution in [2.75, 3.05) is 0 Å². The number of halogens is 6. The summed E-state index contributed by atoms with van der Waals surface area (Å²) in [4.78, 5) is 0. The van der Waals surface area contributed by atoms with Gasteiger partial charge in [-0.2, -0.15) is 13.2 Å². The van der Waals surface area contributed by atoms with Crippen LogP contribution in [0, 0.1) is 5.92 Å². The maximum Gasteiger partial charge on any atom is 1.00 e. The summed E-state index contributed by atoms with van der Waals surface area (Å²) >= 11 is 0. The van der Waals surface area contributed by atoms with Gasteiger partial charge in [-0.05, 0) is 0 Å². The molecule has 0 saturated heterocycles. The fraction of sp³-hybridized carbons (Fsp3) is 1.00. The molecule has 12 heavy (non-hydrogen) atoms. The molecule has 0 radical (unpaired) electrons. The van der Waals surface area contributed by atoms with Gasteiger partial charge >= 0.3 is 64.5 Å². The van der Waals surface area contributed by atoms with Crippen LogP contribution in [0.1, 0.15) is 6.42 Å². The van der Waals surface area contributed by atoms with Crippen molar-refractivity contribution < 1.29 is 77.5 Å². The van der Waals surface area contributed by atoms with Crippen LogP contribution >= 0.6 is 0 Å². The quantitative estimate of drug-likeness (QED) is 0.420. The molecule has 0 aromatic carbocycles. The van der Waals surface area contributed by atoms with E-state index in [1.807, 2.05) is 0 Å². The average molecular weight is 216 g/mol. The molecule has 0 N–H and O–H groups in total. The average Bonchev–Trinajstić information content (AvgIpc) is 2.30. The van der Waals surface area contributed by atoms with Gasteiger partial charge in [-0.1, -0.05) is 12.2 Å². The van der Waals surface area contributed by atoms with Gasteiger partial charge in [-0.3, -0.25) is 0 Å². The second-order valence-electron chi connectivity index (χ2n) is 2.67. The molecule has 0 bridgehead atoms. The van der Waals surface area contributed by atoms with Gasteiger partial charge in [0.25, 0.3) is 0 Å². The van der Waals surface area contributed by atoms with Gasteiger partial charge in [0.15, 0.2) is 0 Å². The number of rotatable bonds is 1. The van der Waals surface area contributed by atoms with E-state index in [4.69, 9.17) is 0 Å². The molecule has 2 atom stereocenters. The minimum atomic E-state index is -5.28. The molecule has 0 aromatic heterocycles. The van der Waals surface area contributed by atoms with Crippen LogP contribution in [-0.4, -0.2) is 13.2 Å². The van der Waals surface area contributed by atoms with Gasteiger partial charge in [-0.15, -0.1) is 0 Å². The first-order valence-corrected chi connectivity index (χ1v) is 2.99. The van der Waals surface area contributed by atoms with Crippen LogP contribution in [0.5, 0.6) is 0 Å². The molecule has 1 saturated carbocycles. The second-order valence-corrected chi connectivity index (χ2v) is 2.67. The van der Waals surface area contributed by atoms with Gasteiger partial charge in [0.05, 0.1) is 0 Å². The molecular formula is C4H4BF6K. The van der Waals surface area contributed by atoms with Crippen molar-refractivity contribution in [1.29, 1.82) is 0 Å². The summed E-state index contributed by atoms with van der Waals surface area (Å²) in [5.74, 6) is -4.21. The van der Waals surface area contributed by atoms with Gasteiger partial charge in [0.2, 0.25) is 0 Å². The van der Waals surface area contributed by atoms with E-state index in [2.05, 4.69) is 0 Å². The summed E-state index contributed by atoms with van der Waals surface area (Å²) in [5, 5.41) is 0. The zero-order chi connectivity index (χ0) is 8.86. The van der Waals surface area contributed by atoms with Crippen LogP contribution in [-0.2, 0) is 0 Å².